The summed E-state index contributed by atoms with van der Waals surface area (Å²) in [6, 6.07) is 7.88. The second-order valence-corrected chi connectivity index (χ2v) is 6.49. The highest BCUT2D eigenvalue weighted by molar-refractivity contribution is 6.42. The number of benzene rings is 1. The minimum absolute atomic E-state index is 0.0340. The van der Waals surface area contributed by atoms with Crippen molar-refractivity contribution in [2.24, 2.45) is 5.73 Å². The van der Waals surface area contributed by atoms with E-state index in [2.05, 4.69) is 4.98 Å². The maximum Gasteiger partial charge on any atom is 0.213 e. The Kier molecular flexibility index (Phi) is 5.58. The van der Waals surface area contributed by atoms with Gasteiger partial charge in [0, 0.05) is 24.2 Å². The number of nitrogens with zero attached hydrogens (tertiary/aromatic N) is 1. The van der Waals surface area contributed by atoms with E-state index in [-0.39, 0.29) is 6.10 Å². The Bertz CT molecular complexity index is 691. The van der Waals surface area contributed by atoms with E-state index in [0.29, 0.717) is 40.3 Å². The molecule has 2 aromatic rings. The monoisotopic (exact) mass is 368 g/mol. The molecule has 7 heteroatoms. The Labute approximate surface area is 150 Å². The van der Waals surface area contributed by atoms with Gasteiger partial charge in [-0.3, -0.25) is 0 Å². The summed E-state index contributed by atoms with van der Waals surface area (Å²) in [4.78, 5) is 4.23. The highest BCUT2D eigenvalue weighted by atomic mass is 35.5. The Hall–Kier alpha value is -1.37. The van der Waals surface area contributed by atoms with E-state index in [0.717, 1.165) is 6.42 Å². The van der Waals surface area contributed by atoms with Crippen molar-refractivity contribution >= 4 is 23.2 Å². The Balaban J connectivity index is 1.69. The van der Waals surface area contributed by atoms with Gasteiger partial charge in [-0.2, -0.15) is 0 Å². The van der Waals surface area contributed by atoms with Crippen molar-refractivity contribution in [1.82, 2.24) is 4.98 Å². The van der Waals surface area contributed by atoms with Gasteiger partial charge >= 0.3 is 0 Å². The molecule has 1 aromatic heterocycles. The number of hydrogen-bond acceptors (Lipinski definition) is 5. The first-order chi connectivity index (χ1) is 11.5. The second kappa shape index (κ2) is 7.68. The maximum absolute atomic E-state index is 10.5. The van der Waals surface area contributed by atoms with Crippen LogP contribution in [0.4, 0.5) is 0 Å². The van der Waals surface area contributed by atoms with Crippen molar-refractivity contribution < 1.29 is 14.6 Å². The first-order valence-corrected chi connectivity index (χ1v) is 8.39. The van der Waals surface area contributed by atoms with Crippen molar-refractivity contribution in [3.63, 3.8) is 0 Å². The summed E-state index contributed by atoms with van der Waals surface area (Å²) < 4.78 is 11.0. The van der Waals surface area contributed by atoms with E-state index in [1.165, 1.54) is 0 Å². The fraction of sp³-hybridized carbons (Fsp3) is 0.353. The summed E-state index contributed by atoms with van der Waals surface area (Å²) in [7, 11) is 0. The molecule has 3 N–H and O–H groups in total. The van der Waals surface area contributed by atoms with Crippen LogP contribution in [-0.2, 0) is 4.74 Å². The Morgan fingerprint density at radius 3 is 2.62 bits per heavy atom. The molecule has 0 radical (unpaired) electrons. The third-order valence-corrected chi connectivity index (χ3v) is 4.68. The summed E-state index contributed by atoms with van der Waals surface area (Å²) in [6.07, 6.45) is 1.53. The van der Waals surface area contributed by atoms with Crippen LogP contribution in [-0.4, -0.2) is 29.4 Å². The molecule has 3 atom stereocenters. The molecule has 0 bridgehead atoms. The molecule has 1 saturated heterocycles. The summed E-state index contributed by atoms with van der Waals surface area (Å²) in [5, 5.41) is 11.3. The molecule has 0 spiro atoms. The summed E-state index contributed by atoms with van der Waals surface area (Å²) >= 11 is 11.9. The van der Waals surface area contributed by atoms with Gasteiger partial charge in [0.15, 0.2) is 0 Å². The normalized spacial score (nSPS) is 19.9. The van der Waals surface area contributed by atoms with Crippen molar-refractivity contribution in [1.29, 1.82) is 0 Å². The minimum atomic E-state index is -0.918. The van der Waals surface area contributed by atoms with E-state index in [9.17, 15) is 5.11 Å². The Morgan fingerprint density at radius 2 is 2.00 bits per heavy atom. The van der Waals surface area contributed by atoms with Gasteiger partial charge in [-0.1, -0.05) is 29.3 Å². The van der Waals surface area contributed by atoms with Crippen molar-refractivity contribution in [2.75, 3.05) is 13.2 Å². The van der Waals surface area contributed by atoms with E-state index < -0.39 is 12.1 Å². The third-order valence-electron chi connectivity index (χ3n) is 3.94. The summed E-state index contributed by atoms with van der Waals surface area (Å²) in [5.41, 5.74) is 7.43. The number of nitrogens with two attached hydrogens (primary N) is 1. The molecule has 128 valence electrons. The number of aliphatic hydroxyl groups excluding tert-OH is 1. The van der Waals surface area contributed by atoms with Crippen LogP contribution in [0.1, 0.15) is 29.7 Å². The number of ether oxygens (including phenoxy) is 2. The Morgan fingerprint density at radius 1 is 1.21 bits per heavy atom. The highest BCUT2D eigenvalue weighted by Gasteiger charge is 2.21. The zero-order valence-electron chi connectivity index (χ0n) is 12.9. The molecule has 3 rings (SSSR count). The van der Waals surface area contributed by atoms with Gasteiger partial charge in [0.1, 0.15) is 6.10 Å². The molecule has 0 saturated carbocycles. The molecule has 0 aliphatic carbocycles. The van der Waals surface area contributed by atoms with Gasteiger partial charge in [0.25, 0.3) is 0 Å². The lowest BCUT2D eigenvalue weighted by Gasteiger charge is -2.20. The number of aromatic nitrogens is 1. The zero-order valence-corrected chi connectivity index (χ0v) is 14.4. The topological polar surface area (TPSA) is 77.6 Å². The number of aliphatic hydroxyl groups is 1. The molecule has 24 heavy (non-hydrogen) atoms. The predicted octanol–water partition coefficient (Wildman–Crippen LogP) is 3.29. The number of rotatable bonds is 5. The summed E-state index contributed by atoms with van der Waals surface area (Å²) in [5.74, 6) is 0.504. The van der Waals surface area contributed by atoms with Crippen molar-refractivity contribution in [2.45, 2.75) is 24.7 Å². The number of pyridine rings is 1. The van der Waals surface area contributed by atoms with Crippen LogP contribution < -0.4 is 10.5 Å². The second-order valence-electron chi connectivity index (χ2n) is 5.68. The minimum Gasteiger partial charge on any atom is -0.472 e. The predicted molar refractivity (Wildman–Crippen MR) is 92.4 cm³/mol. The smallest absolute Gasteiger partial charge is 0.213 e. The molecule has 1 aliphatic heterocycles. The first-order valence-electron chi connectivity index (χ1n) is 7.63. The fourth-order valence-electron chi connectivity index (χ4n) is 2.52. The molecule has 1 aliphatic rings. The van der Waals surface area contributed by atoms with Crippen LogP contribution in [0.2, 0.25) is 10.0 Å². The molecule has 2 heterocycles. The van der Waals surface area contributed by atoms with Gasteiger partial charge in [-0.05, 0) is 23.8 Å². The van der Waals surface area contributed by atoms with E-state index in [4.69, 9.17) is 38.4 Å². The summed E-state index contributed by atoms with van der Waals surface area (Å²) in [6.45, 7) is 1.29. The number of halogens is 2. The van der Waals surface area contributed by atoms with Crippen LogP contribution in [0.25, 0.3) is 0 Å². The van der Waals surface area contributed by atoms with Crippen LogP contribution in [0.3, 0.4) is 0 Å². The molecular weight excluding hydrogens is 351 g/mol. The standard InChI is InChI=1S/C17H18Cl2N2O3/c18-13-3-1-10(7-14(13)19)16(20)17(22)11-2-4-15(21-8-11)24-12-5-6-23-9-12/h1-4,7-8,12,16-17,22H,5-6,9,20H2/t12?,16-,17+/m1/s1. The zero-order chi connectivity index (χ0) is 17.1. The fourth-order valence-corrected chi connectivity index (χ4v) is 2.83. The average Bonchev–Trinajstić information content (AvgIpc) is 3.10. The van der Waals surface area contributed by atoms with Crippen LogP contribution in [0.15, 0.2) is 36.5 Å². The largest absolute Gasteiger partial charge is 0.472 e. The number of hydrogen-bond donors (Lipinski definition) is 2. The van der Waals surface area contributed by atoms with Crippen molar-refractivity contribution in [3.8, 4) is 5.88 Å². The van der Waals surface area contributed by atoms with Crippen LogP contribution in [0, 0.1) is 0 Å². The molecule has 5 nitrogen and oxygen atoms in total. The highest BCUT2D eigenvalue weighted by Crippen LogP contribution is 2.31. The molecule has 1 aromatic carbocycles. The van der Waals surface area contributed by atoms with Gasteiger partial charge in [0.05, 0.1) is 35.4 Å². The molecular formula is C17H18Cl2N2O3. The maximum atomic E-state index is 10.5. The van der Waals surface area contributed by atoms with E-state index >= 15 is 0 Å². The van der Waals surface area contributed by atoms with Gasteiger partial charge in [-0.15, -0.1) is 0 Å². The van der Waals surface area contributed by atoms with E-state index in [1.807, 2.05) is 0 Å². The molecule has 0 amide bonds. The quantitative estimate of drug-likeness (QED) is 0.846. The lowest BCUT2D eigenvalue weighted by molar-refractivity contribution is 0.136. The molecule has 1 unspecified atom stereocenters. The first kappa shape index (κ1) is 17.5. The van der Waals surface area contributed by atoms with E-state index in [1.54, 1.807) is 36.5 Å². The van der Waals surface area contributed by atoms with Gasteiger partial charge in [-0.25, -0.2) is 4.98 Å². The van der Waals surface area contributed by atoms with Gasteiger partial charge in [0.2, 0.25) is 5.88 Å². The average molecular weight is 369 g/mol. The lowest BCUT2D eigenvalue weighted by atomic mass is 9.98. The third kappa shape index (κ3) is 3.99. The SMILES string of the molecule is N[C@H](c1ccc(Cl)c(Cl)c1)[C@@H](O)c1ccc(OC2CCOC2)nc1. The van der Waals surface area contributed by atoms with Crippen molar-refractivity contribution in [3.05, 3.63) is 57.7 Å². The van der Waals surface area contributed by atoms with Crippen LogP contribution in [0.5, 0.6) is 5.88 Å². The van der Waals surface area contributed by atoms with Crippen LogP contribution >= 0.6 is 23.2 Å². The van der Waals surface area contributed by atoms with Gasteiger partial charge < -0.3 is 20.3 Å². The lowest BCUT2D eigenvalue weighted by Crippen LogP contribution is -2.20. The molecule has 1 fully saturated rings.